The highest BCUT2D eigenvalue weighted by Crippen LogP contribution is 2.37. The Morgan fingerprint density at radius 2 is 1.56 bits per heavy atom. The van der Waals surface area contributed by atoms with Crippen molar-refractivity contribution in [1.29, 1.82) is 0 Å². The fourth-order valence-corrected chi connectivity index (χ4v) is 3.78. The summed E-state index contributed by atoms with van der Waals surface area (Å²) >= 11 is 1.88. The molecule has 134 valence electrons. The standard InChI is InChI=1S/C18H22N2S.C2H6.C2H2/c1-14-7-8-17(15(2)13-14)21-18-6-4-3-5-16(18)20-11-9-19-10-12-20;2*1-2/h3-8,13,19H,9-12H2,1-2H3;1-2H3;1-2H. The van der Waals surface area contributed by atoms with Gasteiger partial charge in [0.25, 0.3) is 0 Å². The van der Waals surface area contributed by atoms with Gasteiger partial charge in [0.15, 0.2) is 0 Å². The van der Waals surface area contributed by atoms with Gasteiger partial charge in [-0.3, -0.25) is 0 Å². The first kappa shape index (κ1) is 21.2. The molecular formula is C22H30N2S. The summed E-state index contributed by atoms with van der Waals surface area (Å²) in [5.74, 6) is 0. The number of aryl methyl sites for hydroxylation is 2. The monoisotopic (exact) mass is 354 g/mol. The second-order valence-corrected chi connectivity index (χ2v) is 6.66. The quantitative estimate of drug-likeness (QED) is 0.768. The molecule has 0 unspecified atom stereocenters. The van der Waals surface area contributed by atoms with E-state index in [4.69, 9.17) is 0 Å². The molecule has 2 aromatic carbocycles. The van der Waals surface area contributed by atoms with Crippen LogP contribution in [0, 0.1) is 26.7 Å². The van der Waals surface area contributed by atoms with Crippen molar-refractivity contribution in [3.8, 4) is 12.8 Å². The van der Waals surface area contributed by atoms with E-state index in [0.717, 1.165) is 26.2 Å². The lowest BCUT2D eigenvalue weighted by Gasteiger charge is -2.31. The van der Waals surface area contributed by atoms with Gasteiger partial charge in [-0.1, -0.05) is 55.4 Å². The van der Waals surface area contributed by atoms with Crippen LogP contribution in [0.5, 0.6) is 0 Å². The minimum atomic E-state index is 1.07. The number of rotatable bonds is 3. The maximum atomic E-state index is 4.00. The van der Waals surface area contributed by atoms with Crippen LogP contribution in [0.1, 0.15) is 25.0 Å². The molecule has 3 heteroatoms. The Morgan fingerprint density at radius 1 is 0.920 bits per heavy atom. The molecule has 0 saturated carbocycles. The van der Waals surface area contributed by atoms with Gasteiger partial charge >= 0.3 is 0 Å². The molecule has 0 amide bonds. The summed E-state index contributed by atoms with van der Waals surface area (Å²) in [4.78, 5) is 5.19. The Kier molecular flexibility index (Phi) is 9.84. The third-order valence-electron chi connectivity index (χ3n) is 3.87. The number of para-hydroxylation sites is 1. The van der Waals surface area contributed by atoms with E-state index in [0.29, 0.717) is 0 Å². The molecule has 0 bridgehead atoms. The van der Waals surface area contributed by atoms with Crippen molar-refractivity contribution in [1.82, 2.24) is 5.32 Å². The van der Waals surface area contributed by atoms with E-state index in [-0.39, 0.29) is 0 Å². The van der Waals surface area contributed by atoms with Gasteiger partial charge in [-0.2, -0.15) is 0 Å². The molecule has 1 aliphatic heterocycles. The molecule has 0 atom stereocenters. The van der Waals surface area contributed by atoms with Crippen LogP contribution in [0.25, 0.3) is 0 Å². The van der Waals surface area contributed by atoms with E-state index >= 15 is 0 Å². The zero-order chi connectivity index (χ0) is 18.7. The van der Waals surface area contributed by atoms with Gasteiger partial charge in [-0.15, -0.1) is 12.8 Å². The summed E-state index contributed by atoms with van der Waals surface area (Å²) in [5.41, 5.74) is 4.05. The van der Waals surface area contributed by atoms with E-state index in [1.807, 2.05) is 25.6 Å². The normalized spacial score (nSPS) is 13.1. The highest BCUT2D eigenvalue weighted by molar-refractivity contribution is 7.99. The summed E-state index contributed by atoms with van der Waals surface area (Å²) in [5, 5.41) is 3.42. The average Bonchev–Trinajstić information content (AvgIpc) is 2.68. The van der Waals surface area contributed by atoms with Crippen LogP contribution in [-0.2, 0) is 0 Å². The zero-order valence-electron chi connectivity index (χ0n) is 15.9. The molecule has 25 heavy (non-hydrogen) atoms. The fraction of sp³-hybridized carbons (Fsp3) is 0.364. The number of piperazine rings is 1. The zero-order valence-corrected chi connectivity index (χ0v) is 16.7. The Labute approximate surface area is 158 Å². The summed E-state index contributed by atoms with van der Waals surface area (Å²) in [6.45, 7) is 12.7. The summed E-state index contributed by atoms with van der Waals surface area (Å²) < 4.78 is 0. The van der Waals surface area contributed by atoms with E-state index in [1.165, 1.54) is 26.6 Å². The van der Waals surface area contributed by atoms with Crippen LogP contribution in [0.15, 0.2) is 52.3 Å². The van der Waals surface area contributed by atoms with Crippen LogP contribution in [0.4, 0.5) is 5.69 Å². The maximum Gasteiger partial charge on any atom is 0.0508 e. The largest absolute Gasteiger partial charge is 0.368 e. The van der Waals surface area contributed by atoms with Gasteiger partial charge in [0.1, 0.15) is 0 Å². The van der Waals surface area contributed by atoms with E-state index in [2.05, 4.69) is 79.4 Å². The second-order valence-electron chi connectivity index (χ2n) is 5.58. The van der Waals surface area contributed by atoms with Crippen LogP contribution in [0.2, 0.25) is 0 Å². The van der Waals surface area contributed by atoms with Crippen LogP contribution < -0.4 is 10.2 Å². The highest BCUT2D eigenvalue weighted by atomic mass is 32.2. The van der Waals surface area contributed by atoms with Gasteiger partial charge in [0.05, 0.1) is 5.69 Å². The molecule has 0 spiro atoms. The lowest BCUT2D eigenvalue weighted by atomic mass is 10.2. The predicted molar refractivity (Wildman–Crippen MR) is 113 cm³/mol. The smallest absolute Gasteiger partial charge is 0.0508 e. The van der Waals surface area contributed by atoms with Crippen LogP contribution in [0.3, 0.4) is 0 Å². The molecule has 1 heterocycles. The predicted octanol–water partition coefficient (Wildman–Crippen LogP) is 5.14. The Hall–Kier alpha value is -1.89. The van der Waals surface area contributed by atoms with Crippen molar-refractivity contribution in [2.75, 3.05) is 31.1 Å². The Morgan fingerprint density at radius 3 is 2.20 bits per heavy atom. The number of nitrogens with zero attached hydrogens (tertiary/aromatic N) is 1. The first-order valence-electron chi connectivity index (χ1n) is 8.87. The molecule has 1 aliphatic rings. The topological polar surface area (TPSA) is 15.3 Å². The summed E-state index contributed by atoms with van der Waals surface area (Å²) in [6, 6.07) is 15.5. The van der Waals surface area contributed by atoms with E-state index < -0.39 is 0 Å². The number of nitrogens with one attached hydrogen (secondary N) is 1. The van der Waals surface area contributed by atoms with Crippen molar-refractivity contribution >= 4 is 17.4 Å². The van der Waals surface area contributed by atoms with Gasteiger partial charge in [0.2, 0.25) is 0 Å². The summed E-state index contributed by atoms with van der Waals surface area (Å²) in [7, 11) is 0. The van der Waals surface area contributed by atoms with Gasteiger partial charge in [-0.05, 0) is 37.6 Å². The lowest BCUT2D eigenvalue weighted by molar-refractivity contribution is 0.587. The average molecular weight is 355 g/mol. The Balaban J connectivity index is 0.000000730. The first-order valence-corrected chi connectivity index (χ1v) is 9.69. The van der Waals surface area contributed by atoms with Gasteiger partial charge in [0, 0.05) is 36.0 Å². The lowest BCUT2D eigenvalue weighted by Crippen LogP contribution is -2.43. The Bertz CT molecular complexity index is 658. The van der Waals surface area contributed by atoms with Gasteiger partial charge < -0.3 is 10.2 Å². The number of terminal acetylenes is 1. The number of anilines is 1. The van der Waals surface area contributed by atoms with Crippen molar-refractivity contribution in [3.05, 3.63) is 53.6 Å². The third-order valence-corrected chi connectivity index (χ3v) is 5.12. The fourth-order valence-electron chi connectivity index (χ4n) is 2.74. The highest BCUT2D eigenvalue weighted by Gasteiger charge is 2.14. The molecule has 1 fully saturated rings. The molecule has 2 aromatic rings. The molecule has 0 aliphatic carbocycles. The molecular weight excluding hydrogens is 324 g/mol. The van der Waals surface area contributed by atoms with Crippen molar-refractivity contribution in [3.63, 3.8) is 0 Å². The van der Waals surface area contributed by atoms with E-state index in [1.54, 1.807) is 0 Å². The minimum absolute atomic E-state index is 1.07. The summed E-state index contributed by atoms with van der Waals surface area (Å²) in [6.07, 6.45) is 8.00. The van der Waals surface area contributed by atoms with E-state index in [9.17, 15) is 0 Å². The molecule has 3 rings (SSSR count). The first-order chi connectivity index (χ1) is 12.2. The molecule has 0 aromatic heterocycles. The second kappa shape index (κ2) is 11.6. The number of hydrogen-bond donors (Lipinski definition) is 1. The van der Waals surface area contributed by atoms with Crippen molar-refractivity contribution in [2.24, 2.45) is 0 Å². The minimum Gasteiger partial charge on any atom is -0.368 e. The maximum absolute atomic E-state index is 4.00. The SMILES string of the molecule is C#C.CC.Cc1ccc(Sc2ccccc2N2CCNCC2)c(C)c1. The molecule has 1 N–H and O–H groups in total. The molecule has 1 saturated heterocycles. The number of hydrogen-bond acceptors (Lipinski definition) is 3. The van der Waals surface area contributed by atoms with Crippen LogP contribution in [-0.4, -0.2) is 26.2 Å². The van der Waals surface area contributed by atoms with Gasteiger partial charge in [-0.25, -0.2) is 0 Å². The molecule has 0 radical (unpaired) electrons. The number of benzene rings is 2. The van der Waals surface area contributed by atoms with Crippen LogP contribution >= 0.6 is 11.8 Å². The molecule has 2 nitrogen and oxygen atoms in total. The third kappa shape index (κ3) is 6.16. The van der Waals surface area contributed by atoms with Crippen molar-refractivity contribution in [2.45, 2.75) is 37.5 Å². The van der Waals surface area contributed by atoms with Crippen molar-refractivity contribution < 1.29 is 0 Å².